The number of benzene rings is 1. The molecule has 1 aromatic rings. The van der Waals surface area contributed by atoms with E-state index in [0.717, 1.165) is 12.8 Å². The van der Waals surface area contributed by atoms with Crippen molar-refractivity contribution in [2.75, 3.05) is 62.8 Å². The fraction of sp³-hybridized carbons (Fsp3) is 0.571. The number of hydrogen-bond donors (Lipinski definition) is 2. The number of hydrogen-bond acceptors (Lipinski definition) is 5. The molecule has 1 aromatic carbocycles. The lowest BCUT2D eigenvalue weighted by Gasteiger charge is -2.33. The largest absolute Gasteiger partial charge is 0.378 e. The van der Waals surface area contributed by atoms with Gasteiger partial charge in [0.2, 0.25) is 11.8 Å². The molecule has 2 saturated heterocycles. The van der Waals surface area contributed by atoms with Crippen LogP contribution in [0.3, 0.4) is 0 Å². The number of nitrogens with zero attached hydrogens (tertiary/aromatic N) is 2. The van der Waals surface area contributed by atoms with Gasteiger partial charge >= 0.3 is 6.03 Å². The van der Waals surface area contributed by atoms with Crippen molar-refractivity contribution in [2.45, 2.75) is 12.8 Å². The van der Waals surface area contributed by atoms with Gasteiger partial charge in [0.05, 0.1) is 24.7 Å². The highest BCUT2D eigenvalue weighted by atomic mass is 32.2. The maximum atomic E-state index is 13.2. The predicted octanol–water partition coefficient (Wildman–Crippen LogP) is 1.78. The number of anilines is 1. The van der Waals surface area contributed by atoms with Crippen LogP contribution in [-0.2, 0) is 14.3 Å². The van der Waals surface area contributed by atoms with Gasteiger partial charge in [-0.3, -0.25) is 9.59 Å². The monoisotopic (exact) mass is 452 g/mol. The highest BCUT2D eigenvalue weighted by Gasteiger charge is 2.24. The van der Waals surface area contributed by atoms with Crippen LogP contribution in [0, 0.1) is 11.7 Å². The van der Waals surface area contributed by atoms with Crippen molar-refractivity contribution < 1.29 is 23.5 Å². The summed E-state index contributed by atoms with van der Waals surface area (Å²) in [6.07, 6.45) is 1.80. The molecule has 2 fully saturated rings. The Kier molecular flexibility index (Phi) is 8.96. The van der Waals surface area contributed by atoms with Gasteiger partial charge in [0.1, 0.15) is 5.82 Å². The number of halogens is 1. The highest BCUT2D eigenvalue weighted by Crippen LogP contribution is 2.17. The molecule has 2 aliphatic heterocycles. The first-order valence-electron chi connectivity index (χ1n) is 10.5. The van der Waals surface area contributed by atoms with Crippen LogP contribution in [0.25, 0.3) is 0 Å². The van der Waals surface area contributed by atoms with Crippen LogP contribution in [0.5, 0.6) is 0 Å². The Hall–Kier alpha value is -2.33. The Balaban J connectivity index is 1.34. The Morgan fingerprint density at radius 3 is 2.58 bits per heavy atom. The number of likely N-dealkylation sites (tertiary alicyclic amines) is 1. The lowest BCUT2D eigenvalue weighted by molar-refractivity contribution is -0.132. The summed E-state index contributed by atoms with van der Waals surface area (Å²) in [6, 6.07) is 5.31. The zero-order valence-electron chi connectivity index (χ0n) is 17.5. The standard InChI is InChI=1S/C21H29FN4O4S/c22-17-4-1-5-18(11-17)24-21(29)23-12-16-3-2-6-26(13-16)20(28)15-31-14-19(27)25-7-9-30-10-8-25/h1,4-5,11,16H,2-3,6-10,12-15H2,(H2,23,24,29). The van der Waals surface area contributed by atoms with Crippen molar-refractivity contribution in [1.82, 2.24) is 15.1 Å². The Labute approximate surface area is 185 Å². The quantitative estimate of drug-likeness (QED) is 0.658. The fourth-order valence-electron chi connectivity index (χ4n) is 3.66. The van der Waals surface area contributed by atoms with Gasteiger partial charge in [-0.15, -0.1) is 11.8 Å². The summed E-state index contributed by atoms with van der Waals surface area (Å²) in [5.74, 6) is 0.390. The third-order valence-electron chi connectivity index (χ3n) is 5.32. The van der Waals surface area contributed by atoms with E-state index < -0.39 is 11.8 Å². The molecule has 2 N–H and O–H groups in total. The molecule has 0 radical (unpaired) electrons. The van der Waals surface area contributed by atoms with Gasteiger partial charge in [-0.05, 0) is 37.0 Å². The Morgan fingerprint density at radius 1 is 1.10 bits per heavy atom. The first kappa shape index (κ1) is 23.3. The molecule has 31 heavy (non-hydrogen) atoms. The van der Waals surface area contributed by atoms with Crippen molar-refractivity contribution in [2.24, 2.45) is 5.92 Å². The van der Waals surface area contributed by atoms with Crippen LogP contribution in [0.4, 0.5) is 14.9 Å². The molecule has 2 heterocycles. The number of carbonyl (C=O) groups is 3. The molecule has 0 saturated carbocycles. The number of carbonyl (C=O) groups excluding carboxylic acids is 3. The number of nitrogens with one attached hydrogen (secondary N) is 2. The van der Waals surface area contributed by atoms with Crippen LogP contribution in [0.15, 0.2) is 24.3 Å². The topological polar surface area (TPSA) is 91.0 Å². The zero-order valence-corrected chi connectivity index (χ0v) is 18.3. The Bertz CT molecular complexity index is 776. The van der Waals surface area contributed by atoms with Gasteiger partial charge in [-0.2, -0.15) is 0 Å². The van der Waals surface area contributed by atoms with E-state index in [-0.39, 0.29) is 23.5 Å². The zero-order chi connectivity index (χ0) is 22.1. The second-order valence-corrected chi connectivity index (χ2v) is 8.66. The van der Waals surface area contributed by atoms with Gasteiger partial charge in [-0.25, -0.2) is 9.18 Å². The number of rotatable bonds is 7. The number of thioether (sulfide) groups is 1. The van der Waals surface area contributed by atoms with E-state index >= 15 is 0 Å². The first-order chi connectivity index (χ1) is 15.0. The molecular formula is C21H29FN4O4S. The van der Waals surface area contributed by atoms with Crippen LogP contribution in [-0.4, -0.2) is 85.1 Å². The highest BCUT2D eigenvalue weighted by molar-refractivity contribution is 8.00. The van der Waals surface area contributed by atoms with Gasteiger partial charge < -0.3 is 25.2 Å². The van der Waals surface area contributed by atoms with E-state index in [9.17, 15) is 18.8 Å². The van der Waals surface area contributed by atoms with E-state index in [0.29, 0.717) is 57.4 Å². The average Bonchev–Trinajstić information content (AvgIpc) is 2.78. The third-order valence-corrected chi connectivity index (χ3v) is 6.22. The normalized spacial score (nSPS) is 19.1. The molecule has 4 amide bonds. The second-order valence-electron chi connectivity index (χ2n) is 7.68. The smallest absolute Gasteiger partial charge is 0.319 e. The molecule has 10 heteroatoms. The van der Waals surface area contributed by atoms with E-state index in [1.54, 1.807) is 11.0 Å². The molecule has 0 aliphatic carbocycles. The maximum Gasteiger partial charge on any atom is 0.319 e. The summed E-state index contributed by atoms with van der Waals surface area (Å²) >= 11 is 1.35. The molecule has 2 aliphatic rings. The van der Waals surface area contributed by atoms with Gasteiger partial charge in [-0.1, -0.05) is 6.07 Å². The van der Waals surface area contributed by atoms with Gasteiger partial charge in [0.25, 0.3) is 0 Å². The minimum Gasteiger partial charge on any atom is -0.378 e. The average molecular weight is 453 g/mol. The molecule has 0 bridgehead atoms. The third kappa shape index (κ3) is 7.70. The van der Waals surface area contributed by atoms with Crippen molar-refractivity contribution in [1.29, 1.82) is 0 Å². The summed E-state index contributed by atoms with van der Waals surface area (Å²) in [6.45, 7) is 4.08. The predicted molar refractivity (Wildman–Crippen MR) is 117 cm³/mol. The van der Waals surface area contributed by atoms with Crippen LogP contribution >= 0.6 is 11.8 Å². The summed E-state index contributed by atoms with van der Waals surface area (Å²) in [5.41, 5.74) is 0.390. The fourth-order valence-corrected chi connectivity index (χ4v) is 4.47. The molecule has 0 aromatic heterocycles. The molecule has 170 valence electrons. The lowest BCUT2D eigenvalue weighted by Crippen LogP contribution is -2.45. The van der Waals surface area contributed by atoms with E-state index in [1.165, 1.54) is 30.0 Å². The summed E-state index contributed by atoms with van der Waals surface area (Å²) in [4.78, 5) is 40.3. The molecule has 0 spiro atoms. The minimum absolute atomic E-state index is 0.0219. The van der Waals surface area contributed by atoms with Gasteiger partial charge in [0.15, 0.2) is 0 Å². The summed E-state index contributed by atoms with van der Waals surface area (Å²) in [5, 5.41) is 5.40. The SMILES string of the molecule is O=C(NCC1CCCN(C(=O)CSCC(=O)N2CCOCC2)C1)Nc1cccc(F)c1. The molecule has 8 nitrogen and oxygen atoms in total. The van der Waals surface area contributed by atoms with Crippen molar-refractivity contribution in [3.8, 4) is 0 Å². The van der Waals surface area contributed by atoms with Crippen LogP contribution in [0.2, 0.25) is 0 Å². The molecular weight excluding hydrogens is 423 g/mol. The van der Waals surface area contributed by atoms with Crippen molar-refractivity contribution >= 4 is 35.3 Å². The molecule has 3 rings (SSSR count). The first-order valence-corrected chi connectivity index (χ1v) is 11.7. The molecule has 1 unspecified atom stereocenters. The molecule has 1 atom stereocenters. The van der Waals surface area contributed by atoms with Crippen LogP contribution in [0.1, 0.15) is 12.8 Å². The Morgan fingerprint density at radius 2 is 1.84 bits per heavy atom. The number of morpholine rings is 1. The minimum atomic E-state index is -0.413. The van der Waals surface area contributed by atoms with Crippen molar-refractivity contribution in [3.05, 3.63) is 30.1 Å². The number of ether oxygens (including phenoxy) is 1. The van der Waals surface area contributed by atoms with E-state index in [4.69, 9.17) is 4.74 Å². The van der Waals surface area contributed by atoms with E-state index in [2.05, 4.69) is 10.6 Å². The number of urea groups is 1. The second kappa shape index (κ2) is 11.9. The summed E-state index contributed by atoms with van der Waals surface area (Å²) < 4.78 is 18.4. The van der Waals surface area contributed by atoms with E-state index in [1.807, 2.05) is 4.90 Å². The van der Waals surface area contributed by atoms with Gasteiger partial charge in [0, 0.05) is 38.4 Å². The lowest BCUT2D eigenvalue weighted by atomic mass is 9.98. The maximum absolute atomic E-state index is 13.2. The van der Waals surface area contributed by atoms with Crippen molar-refractivity contribution in [3.63, 3.8) is 0 Å². The number of piperidine rings is 1. The van der Waals surface area contributed by atoms with Crippen LogP contribution < -0.4 is 10.6 Å². The number of amides is 4. The summed E-state index contributed by atoms with van der Waals surface area (Å²) in [7, 11) is 0.